The number of rotatable bonds is 4. The number of benzene rings is 1. The van der Waals surface area contributed by atoms with Crippen LogP contribution >= 0.6 is 0 Å². The molecule has 15 heavy (non-hydrogen) atoms. The van der Waals surface area contributed by atoms with E-state index in [1.165, 1.54) is 13.0 Å². The minimum absolute atomic E-state index is 0.0486. The predicted molar refractivity (Wildman–Crippen MR) is 51.0 cm³/mol. The van der Waals surface area contributed by atoms with E-state index in [0.29, 0.717) is 4.90 Å². The Balaban J connectivity index is 3.34. The van der Waals surface area contributed by atoms with E-state index in [4.69, 9.17) is 0 Å². The Hall–Kier alpha value is -2.04. The van der Waals surface area contributed by atoms with Gasteiger partial charge in [0.15, 0.2) is 5.78 Å². The van der Waals surface area contributed by atoms with Gasteiger partial charge in [-0.05, 0) is 25.1 Å². The smallest absolute Gasteiger partial charge is 0.220 e. The molecule has 1 rings (SSSR count). The van der Waals surface area contributed by atoms with E-state index in [2.05, 4.69) is 0 Å². The van der Waals surface area contributed by atoms with Crippen LogP contribution in [0.25, 0.3) is 0 Å². The highest BCUT2D eigenvalue weighted by molar-refractivity contribution is 6.06. The Bertz CT molecular complexity index is 409. The first-order valence-corrected chi connectivity index (χ1v) is 4.09. The predicted octanol–water partition coefficient (Wildman–Crippen LogP) is 1.15. The number of hydrogen-bond acceptors (Lipinski definition) is 3. The van der Waals surface area contributed by atoms with Crippen LogP contribution in [0.15, 0.2) is 18.2 Å². The summed E-state index contributed by atoms with van der Waals surface area (Å²) in [5.74, 6) is -0.970. The molecule has 78 valence electrons. The number of nitrogens with zero attached hydrogens (tertiary/aromatic N) is 1. The molecule has 0 heterocycles. The van der Waals surface area contributed by atoms with Crippen molar-refractivity contribution in [2.45, 2.75) is 6.92 Å². The molecular formula is C10H8FNO3. The lowest BCUT2D eigenvalue weighted by atomic mass is 10.1. The van der Waals surface area contributed by atoms with E-state index in [-0.39, 0.29) is 29.9 Å². The SMILES string of the molecule is CC(=O)c1ccc(F)cc1N(C=O)C=O. The molecular weight excluding hydrogens is 201 g/mol. The molecule has 0 saturated carbocycles. The molecule has 0 saturated heterocycles. The second-order valence-corrected chi connectivity index (χ2v) is 2.84. The van der Waals surface area contributed by atoms with E-state index in [1.54, 1.807) is 0 Å². The number of imide groups is 1. The summed E-state index contributed by atoms with van der Waals surface area (Å²) < 4.78 is 12.9. The fourth-order valence-electron chi connectivity index (χ4n) is 1.15. The molecule has 0 aliphatic heterocycles. The van der Waals surface area contributed by atoms with Gasteiger partial charge in [0.1, 0.15) is 5.82 Å². The van der Waals surface area contributed by atoms with E-state index >= 15 is 0 Å². The number of anilines is 1. The van der Waals surface area contributed by atoms with E-state index in [1.807, 2.05) is 0 Å². The lowest BCUT2D eigenvalue weighted by Gasteiger charge is -2.12. The second kappa shape index (κ2) is 4.45. The monoisotopic (exact) mass is 209 g/mol. The summed E-state index contributed by atoms with van der Waals surface area (Å²) in [5.41, 5.74) is 0.0723. The number of carbonyl (C=O) groups excluding carboxylic acids is 3. The number of halogens is 1. The zero-order valence-electron chi connectivity index (χ0n) is 7.94. The van der Waals surface area contributed by atoms with Gasteiger partial charge in [-0.2, -0.15) is 0 Å². The summed E-state index contributed by atoms with van der Waals surface area (Å²) in [7, 11) is 0. The van der Waals surface area contributed by atoms with Crippen LogP contribution in [0.2, 0.25) is 0 Å². The molecule has 0 bridgehead atoms. The molecule has 0 atom stereocenters. The highest BCUT2D eigenvalue weighted by Gasteiger charge is 2.13. The molecule has 0 N–H and O–H groups in total. The largest absolute Gasteiger partial charge is 0.294 e. The summed E-state index contributed by atoms with van der Waals surface area (Å²) in [4.78, 5) is 32.7. The zero-order valence-corrected chi connectivity index (χ0v) is 7.94. The molecule has 0 radical (unpaired) electrons. The van der Waals surface area contributed by atoms with Gasteiger partial charge in [-0.3, -0.25) is 19.3 Å². The van der Waals surface area contributed by atoms with Crippen LogP contribution in [0.4, 0.5) is 10.1 Å². The molecule has 0 aliphatic rings. The maximum Gasteiger partial charge on any atom is 0.220 e. The Morgan fingerprint density at radius 1 is 1.33 bits per heavy atom. The minimum atomic E-state index is -0.622. The quantitative estimate of drug-likeness (QED) is 0.552. The lowest BCUT2D eigenvalue weighted by Crippen LogP contribution is -2.20. The van der Waals surface area contributed by atoms with Gasteiger partial charge in [0.2, 0.25) is 12.8 Å². The Morgan fingerprint density at radius 2 is 1.93 bits per heavy atom. The lowest BCUT2D eigenvalue weighted by molar-refractivity contribution is -0.113. The van der Waals surface area contributed by atoms with E-state index < -0.39 is 5.82 Å². The highest BCUT2D eigenvalue weighted by atomic mass is 19.1. The maximum absolute atomic E-state index is 12.9. The molecule has 2 amide bonds. The van der Waals surface area contributed by atoms with Gasteiger partial charge in [0, 0.05) is 5.56 Å². The average Bonchev–Trinajstić information content (AvgIpc) is 2.19. The molecule has 5 heteroatoms. The fourth-order valence-corrected chi connectivity index (χ4v) is 1.15. The van der Waals surface area contributed by atoms with Crippen molar-refractivity contribution in [1.29, 1.82) is 0 Å². The fraction of sp³-hybridized carbons (Fsp3) is 0.100. The van der Waals surface area contributed by atoms with Crippen molar-refractivity contribution in [1.82, 2.24) is 0 Å². The Morgan fingerprint density at radius 3 is 2.40 bits per heavy atom. The Labute approximate surface area is 85.3 Å². The molecule has 0 aromatic heterocycles. The summed E-state index contributed by atoms with van der Waals surface area (Å²) in [6, 6.07) is 3.28. The number of hydrogen-bond donors (Lipinski definition) is 0. The zero-order chi connectivity index (χ0) is 11.4. The third-order valence-electron chi connectivity index (χ3n) is 1.84. The molecule has 0 fully saturated rings. The molecule has 1 aromatic carbocycles. The van der Waals surface area contributed by atoms with Crippen LogP contribution in [0.3, 0.4) is 0 Å². The maximum atomic E-state index is 12.9. The van der Waals surface area contributed by atoms with Gasteiger partial charge in [-0.25, -0.2) is 4.39 Å². The molecule has 1 aromatic rings. The van der Waals surface area contributed by atoms with Crippen molar-refractivity contribution < 1.29 is 18.8 Å². The number of ketones is 1. The van der Waals surface area contributed by atoms with Crippen molar-refractivity contribution in [2.24, 2.45) is 0 Å². The minimum Gasteiger partial charge on any atom is -0.294 e. The molecule has 0 unspecified atom stereocenters. The van der Waals surface area contributed by atoms with E-state index in [9.17, 15) is 18.8 Å². The van der Waals surface area contributed by atoms with Crippen LogP contribution < -0.4 is 4.90 Å². The second-order valence-electron chi connectivity index (χ2n) is 2.84. The van der Waals surface area contributed by atoms with Crippen LogP contribution in [-0.4, -0.2) is 18.6 Å². The van der Waals surface area contributed by atoms with Crippen LogP contribution in [-0.2, 0) is 9.59 Å². The molecule has 0 aliphatic carbocycles. The van der Waals surface area contributed by atoms with Gasteiger partial charge in [-0.1, -0.05) is 0 Å². The highest BCUT2D eigenvalue weighted by Crippen LogP contribution is 2.20. The van der Waals surface area contributed by atoms with Crippen molar-refractivity contribution >= 4 is 24.3 Å². The third kappa shape index (κ3) is 2.25. The van der Waals surface area contributed by atoms with Gasteiger partial charge in [0.05, 0.1) is 5.69 Å². The van der Waals surface area contributed by atoms with Gasteiger partial charge < -0.3 is 0 Å². The van der Waals surface area contributed by atoms with Gasteiger partial charge >= 0.3 is 0 Å². The average molecular weight is 209 g/mol. The van der Waals surface area contributed by atoms with Crippen LogP contribution in [0.1, 0.15) is 17.3 Å². The number of Topliss-reactive ketones (excluding diaryl/α,β-unsaturated/α-hetero) is 1. The summed E-state index contributed by atoms with van der Waals surface area (Å²) in [5, 5.41) is 0. The van der Waals surface area contributed by atoms with Crippen molar-refractivity contribution in [2.75, 3.05) is 4.90 Å². The molecule has 4 nitrogen and oxygen atoms in total. The number of carbonyl (C=O) groups is 3. The van der Waals surface area contributed by atoms with Gasteiger partial charge in [-0.15, -0.1) is 0 Å². The summed E-state index contributed by atoms with van der Waals surface area (Å²) in [6.45, 7) is 1.27. The first kappa shape index (κ1) is 11.0. The normalized spacial score (nSPS) is 9.47. The van der Waals surface area contributed by atoms with E-state index in [0.717, 1.165) is 12.1 Å². The van der Waals surface area contributed by atoms with Crippen molar-refractivity contribution in [3.63, 3.8) is 0 Å². The van der Waals surface area contributed by atoms with Crippen molar-refractivity contribution in [3.05, 3.63) is 29.6 Å². The van der Waals surface area contributed by atoms with Crippen molar-refractivity contribution in [3.8, 4) is 0 Å². The standard InChI is InChI=1S/C10H8FNO3/c1-7(15)9-3-2-8(11)4-10(9)12(5-13)6-14/h2-6H,1H3. The summed E-state index contributed by atoms with van der Waals surface area (Å²) >= 11 is 0. The topological polar surface area (TPSA) is 54.5 Å². The first-order valence-electron chi connectivity index (χ1n) is 4.09. The van der Waals surface area contributed by atoms with Crippen LogP contribution in [0.5, 0.6) is 0 Å². The summed E-state index contributed by atoms with van der Waals surface area (Å²) in [6.07, 6.45) is 0.433. The Kier molecular flexibility index (Phi) is 3.28. The number of amides is 2. The first-order chi connectivity index (χ1) is 7.10. The van der Waals surface area contributed by atoms with Crippen LogP contribution in [0, 0.1) is 5.82 Å². The third-order valence-corrected chi connectivity index (χ3v) is 1.84. The van der Waals surface area contributed by atoms with Gasteiger partial charge in [0.25, 0.3) is 0 Å². The molecule has 0 spiro atoms.